The first kappa shape index (κ1) is 12.0. The first-order chi connectivity index (χ1) is 7.15. The highest BCUT2D eigenvalue weighted by molar-refractivity contribution is 5.32. The molecule has 1 N–H and O–H groups in total. The van der Waals surface area contributed by atoms with Gasteiger partial charge in [0.2, 0.25) is 0 Å². The average molecular weight is 203 g/mol. The molecule has 0 amide bonds. The van der Waals surface area contributed by atoms with Gasteiger partial charge in [0.15, 0.2) is 0 Å². The zero-order valence-electron chi connectivity index (χ0n) is 10.0. The summed E-state index contributed by atoms with van der Waals surface area (Å²) in [4.78, 5) is 0. The van der Waals surface area contributed by atoms with Gasteiger partial charge in [0.05, 0.1) is 0 Å². The maximum atomic E-state index is 3.75. The van der Waals surface area contributed by atoms with E-state index in [1.54, 1.807) is 0 Å². The van der Waals surface area contributed by atoms with Crippen LogP contribution in [0.5, 0.6) is 0 Å². The molecular formula is C14H21N. The van der Waals surface area contributed by atoms with Gasteiger partial charge in [-0.3, -0.25) is 0 Å². The average Bonchev–Trinajstić information content (AvgIpc) is 2.21. The van der Waals surface area contributed by atoms with E-state index in [1.165, 1.54) is 16.7 Å². The van der Waals surface area contributed by atoms with Crippen LogP contribution in [0.15, 0.2) is 30.9 Å². The van der Waals surface area contributed by atoms with Gasteiger partial charge in [0.25, 0.3) is 0 Å². The second-order valence-corrected chi connectivity index (χ2v) is 4.17. The van der Waals surface area contributed by atoms with Crippen LogP contribution in [0.2, 0.25) is 0 Å². The van der Waals surface area contributed by atoms with Crippen molar-refractivity contribution in [1.29, 1.82) is 0 Å². The predicted molar refractivity (Wildman–Crippen MR) is 67.0 cm³/mol. The zero-order valence-corrected chi connectivity index (χ0v) is 10.0. The minimum atomic E-state index is 0.502. The molecular weight excluding hydrogens is 182 g/mol. The van der Waals surface area contributed by atoms with Crippen molar-refractivity contribution in [2.75, 3.05) is 0 Å². The van der Waals surface area contributed by atoms with Crippen LogP contribution in [-0.4, -0.2) is 6.04 Å². The summed E-state index contributed by atoms with van der Waals surface area (Å²) in [5.41, 5.74) is 4.16. The van der Waals surface area contributed by atoms with Crippen LogP contribution in [-0.2, 0) is 6.54 Å². The highest BCUT2D eigenvalue weighted by Gasteiger charge is 2.02. The molecule has 1 atom stereocenters. The summed E-state index contributed by atoms with van der Waals surface area (Å²) in [6, 6.07) is 6.97. The Morgan fingerprint density at radius 3 is 2.80 bits per heavy atom. The maximum absolute atomic E-state index is 3.75. The Morgan fingerprint density at radius 2 is 2.13 bits per heavy atom. The smallest absolute Gasteiger partial charge is 0.0210 e. The molecule has 1 aromatic carbocycles. The van der Waals surface area contributed by atoms with E-state index in [0.29, 0.717) is 6.04 Å². The first-order valence-corrected chi connectivity index (χ1v) is 5.54. The lowest BCUT2D eigenvalue weighted by atomic mass is 10.0. The Labute approximate surface area is 93.2 Å². The van der Waals surface area contributed by atoms with Crippen molar-refractivity contribution in [3.63, 3.8) is 0 Å². The highest BCUT2D eigenvalue weighted by Crippen LogP contribution is 2.12. The summed E-state index contributed by atoms with van der Waals surface area (Å²) in [5.74, 6) is 0. The molecule has 0 spiro atoms. The Kier molecular flexibility index (Phi) is 4.57. The van der Waals surface area contributed by atoms with Gasteiger partial charge >= 0.3 is 0 Å². The van der Waals surface area contributed by atoms with Gasteiger partial charge in [-0.15, -0.1) is 6.58 Å². The number of aryl methyl sites for hydroxylation is 1. The predicted octanol–water partition coefficient (Wildman–Crippen LogP) is 3.36. The van der Waals surface area contributed by atoms with Crippen LogP contribution in [0, 0.1) is 13.8 Å². The number of hydrogen-bond donors (Lipinski definition) is 1. The fourth-order valence-electron chi connectivity index (χ4n) is 1.62. The van der Waals surface area contributed by atoms with Crippen molar-refractivity contribution in [3.05, 3.63) is 47.5 Å². The topological polar surface area (TPSA) is 12.0 Å². The SMILES string of the molecule is C=CCC(C)NCc1cccc(C)c1C. The standard InChI is InChI=1S/C14H21N/c1-5-7-12(3)15-10-14-9-6-8-11(2)13(14)4/h5-6,8-9,12,15H,1,7,10H2,2-4H3. The molecule has 0 fully saturated rings. The summed E-state index contributed by atoms with van der Waals surface area (Å²) in [7, 11) is 0. The van der Waals surface area contributed by atoms with Crippen molar-refractivity contribution in [2.24, 2.45) is 0 Å². The van der Waals surface area contributed by atoms with Gasteiger partial charge in [0.1, 0.15) is 0 Å². The maximum Gasteiger partial charge on any atom is 0.0210 e. The van der Waals surface area contributed by atoms with Crippen LogP contribution in [0.3, 0.4) is 0 Å². The van der Waals surface area contributed by atoms with Crippen LogP contribution in [0.4, 0.5) is 0 Å². The number of nitrogens with one attached hydrogen (secondary N) is 1. The van der Waals surface area contributed by atoms with E-state index in [1.807, 2.05) is 6.08 Å². The summed E-state index contributed by atoms with van der Waals surface area (Å²) in [6.07, 6.45) is 2.98. The van der Waals surface area contributed by atoms with E-state index in [0.717, 1.165) is 13.0 Å². The molecule has 0 radical (unpaired) electrons. The fourth-order valence-corrected chi connectivity index (χ4v) is 1.62. The normalized spacial score (nSPS) is 12.5. The zero-order chi connectivity index (χ0) is 11.3. The second-order valence-electron chi connectivity index (χ2n) is 4.17. The lowest BCUT2D eigenvalue weighted by Crippen LogP contribution is -2.25. The Balaban J connectivity index is 2.57. The van der Waals surface area contributed by atoms with E-state index >= 15 is 0 Å². The summed E-state index contributed by atoms with van der Waals surface area (Å²) >= 11 is 0. The van der Waals surface area contributed by atoms with Crippen molar-refractivity contribution in [2.45, 2.75) is 39.8 Å². The van der Waals surface area contributed by atoms with Gasteiger partial charge < -0.3 is 5.32 Å². The molecule has 1 nitrogen and oxygen atoms in total. The number of rotatable bonds is 5. The number of benzene rings is 1. The molecule has 82 valence electrons. The van der Waals surface area contributed by atoms with E-state index in [-0.39, 0.29) is 0 Å². The van der Waals surface area contributed by atoms with Crippen LogP contribution in [0.1, 0.15) is 30.0 Å². The molecule has 1 unspecified atom stereocenters. The molecule has 1 rings (SSSR count). The van der Waals surface area contributed by atoms with Crippen LogP contribution >= 0.6 is 0 Å². The van der Waals surface area contributed by atoms with E-state index in [4.69, 9.17) is 0 Å². The highest BCUT2D eigenvalue weighted by atomic mass is 14.9. The molecule has 0 aromatic heterocycles. The van der Waals surface area contributed by atoms with Crippen LogP contribution < -0.4 is 5.32 Å². The van der Waals surface area contributed by atoms with Crippen molar-refractivity contribution in [3.8, 4) is 0 Å². The third-order valence-electron chi connectivity index (χ3n) is 2.88. The molecule has 15 heavy (non-hydrogen) atoms. The van der Waals surface area contributed by atoms with Crippen LogP contribution in [0.25, 0.3) is 0 Å². The summed E-state index contributed by atoms with van der Waals surface area (Å²) in [6.45, 7) is 11.2. The van der Waals surface area contributed by atoms with Crippen molar-refractivity contribution < 1.29 is 0 Å². The molecule has 0 aliphatic heterocycles. The number of hydrogen-bond acceptors (Lipinski definition) is 1. The lowest BCUT2D eigenvalue weighted by molar-refractivity contribution is 0.552. The molecule has 0 aliphatic carbocycles. The molecule has 1 heteroatoms. The second kappa shape index (κ2) is 5.72. The van der Waals surface area contributed by atoms with Gasteiger partial charge in [-0.2, -0.15) is 0 Å². The van der Waals surface area contributed by atoms with Gasteiger partial charge in [-0.25, -0.2) is 0 Å². The van der Waals surface area contributed by atoms with E-state index < -0.39 is 0 Å². The van der Waals surface area contributed by atoms with E-state index in [9.17, 15) is 0 Å². The quantitative estimate of drug-likeness (QED) is 0.724. The lowest BCUT2D eigenvalue weighted by Gasteiger charge is -2.14. The Morgan fingerprint density at radius 1 is 1.40 bits per heavy atom. The molecule has 0 aliphatic rings. The Bertz CT molecular complexity index is 328. The fraction of sp³-hybridized carbons (Fsp3) is 0.429. The molecule has 0 heterocycles. The molecule has 0 bridgehead atoms. The minimum absolute atomic E-state index is 0.502. The minimum Gasteiger partial charge on any atom is -0.310 e. The molecule has 0 saturated heterocycles. The monoisotopic (exact) mass is 203 g/mol. The van der Waals surface area contributed by atoms with Crippen molar-refractivity contribution in [1.82, 2.24) is 5.32 Å². The van der Waals surface area contributed by atoms with Gasteiger partial charge in [0, 0.05) is 12.6 Å². The molecule has 0 saturated carbocycles. The summed E-state index contributed by atoms with van der Waals surface area (Å²) in [5, 5.41) is 3.50. The molecule has 1 aromatic rings. The summed E-state index contributed by atoms with van der Waals surface area (Å²) < 4.78 is 0. The van der Waals surface area contributed by atoms with Gasteiger partial charge in [-0.1, -0.05) is 24.3 Å². The third kappa shape index (κ3) is 3.52. The van der Waals surface area contributed by atoms with Gasteiger partial charge in [-0.05, 0) is 43.9 Å². The van der Waals surface area contributed by atoms with Crippen molar-refractivity contribution >= 4 is 0 Å². The Hall–Kier alpha value is -1.08. The van der Waals surface area contributed by atoms with E-state index in [2.05, 4.69) is 50.9 Å². The largest absolute Gasteiger partial charge is 0.310 e. The third-order valence-corrected chi connectivity index (χ3v) is 2.88. The first-order valence-electron chi connectivity index (χ1n) is 5.54.